The summed E-state index contributed by atoms with van der Waals surface area (Å²) in [6, 6.07) is 5.09. The Bertz CT molecular complexity index is 442. The normalized spacial score (nSPS) is 18.5. The van der Waals surface area contributed by atoms with E-state index in [1.165, 1.54) is 0 Å². The molecule has 0 saturated carbocycles. The van der Waals surface area contributed by atoms with Gasteiger partial charge in [0.1, 0.15) is 5.75 Å². The Morgan fingerprint density at radius 2 is 2.42 bits per heavy atom. The van der Waals surface area contributed by atoms with E-state index >= 15 is 0 Å². The van der Waals surface area contributed by atoms with Crippen molar-refractivity contribution in [2.24, 2.45) is 0 Å². The van der Waals surface area contributed by atoms with Gasteiger partial charge in [0.05, 0.1) is 25.4 Å². The number of nitrogen functional groups attached to an aromatic ring is 1. The first-order valence-electron chi connectivity index (χ1n) is 6.49. The van der Waals surface area contributed by atoms with Crippen molar-refractivity contribution in [3.63, 3.8) is 0 Å². The molecule has 1 fully saturated rings. The van der Waals surface area contributed by atoms with Gasteiger partial charge < -0.3 is 20.5 Å². The number of carbonyl (C=O) groups is 1. The summed E-state index contributed by atoms with van der Waals surface area (Å²) in [5.41, 5.74) is 6.85. The lowest BCUT2D eigenvalue weighted by Crippen LogP contribution is -2.30. The smallest absolute Gasteiger partial charge is 0.176 e. The van der Waals surface area contributed by atoms with E-state index in [0.717, 1.165) is 26.0 Å². The van der Waals surface area contributed by atoms with Gasteiger partial charge in [-0.2, -0.15) is 0 Å². The van der Waals surface area contributed by atoms with Crippen LogP contribution in [0, 0.1) is 0 Å². The molecule has 1 atom stereocenters. The highest BCUT2D eigenvalue weighted by Crippen LogP contribution is 2.21. The molecular formula is C14H20N2O3. The van der Waals surface area contributed by atoms with Gasteiger partial charge in [-0.3, -0.25) is 4.79 Å². The van der Waals surface area contributed by atoms with E-state index in [1.807, 2.05) is 0 Å². The van der Waals surface area contributed by atoms with Gasteiger partial charge in [-0.05, 0) is 31.0 Å². The highest BCUT2D eigenvalue weighted by atomic mass is 16.5. The van der Waals surface area contributed by atoms with Crippen molar-refractivity contribution in [2.45, 2.75) is 18.9 Å². The molecular weight excluding hydrogens is 244 g/mol. The molecule has 5 heteroatoms. The van der Waals surface area contributed by atoms with Gasteiger partial charge in [0, 0.05) is 18.7 Å². The summed E-state index contributed by atoms with van der Waals surface area (Å²) in [6.07, 6.45) is 2.42. The quantitative estimate of drug-likeness (QED) is 0.597. The lowest BCUT2D eigenvalue weighted by Gasteiger charge is -2.10. The maximum atomic E-state index is 12.0. The molecule has 1 heterocycles. The number of nitrogens with one attached hydrogen (secondary N) is 1. The number of hydrogen-bond acceptors (Lipinski definition) is 5. The maximum absolute atomic E-state index is 12.0. The van der Waals surface area contributed by atoms with E-state index in [9.17, 15) is 4.79 Å². The van der Waals surface area contributed by atoms with Crippen LogP contribution in [0.1, 0.15) is 23.2 Å². The molecule has 0 aromatic heterocycles. The Hall–Kier alpha value is -1.59. The Balaban J connectivity index is 1.83. The number of ketones is 1. The Morgan fingerprint density at radius 3 is 3.05 bits per heavy atom. The molecule has 1 saturated heterocycles. The molecule has 2 rings (SSSR count). The third kappa shape index (κ3) is 3.68. The second-order valence-electron chi connectivity index (χ2n) is 4.65. The first-order valence-corrected chi connectivity index (χ1v) is 6.49. The molecule has 0 radical (unpaired) electrons. The predicted octanol–water partition coefficient (Wildman–Crippen LogP) is 1.23. The molecule has 1 aromatic carbocycles. The van der Waals surface area contributed by atoms with Crippen LogP contribution in [-0.4, -0.2) is 38.7 Å². The zero-order chi connectivity index (χ0) is 13.7. The fourth-order valence-corrected chi connectivity index (χ4v) is 2.16. The molecule has 0 aliphatic carbocycles. The highest BCUT2D eigenvalue weighted by molar-refractivity contribution is 5.98. The van der Waals surface area contributed by atoms with Crippen LogP contribution in [0.2, 0.25) is 0 Å². The molecule has 19 heavy (non-hydrogen) atoms. The summed E-state index contributed by atoms with van der Waals surface area (Å²) in [6.45, 7) is 1.85. The molecule has 1 unspecified atom stereocenters. The highest BCUT2D eigenvalue weighted by Gasteiger charge is 2.15. The Labute approximate surface area is 113 Å². The van der Waals surface area contributed by atoms with Gasteiger partial charge >= 0.3 is 0 Å². The van der Waals surface area contributed by atoms with Crippen LogP contribution in [0.4, 0.5) is 5.69 Å². The zero-order valence-corrected chi connectivity index (χ0v) is 11.1. The molecule has 1 aliphatic heterocycles. The third-order valence-corrected chi connectivity index (χ3v) is 3.23. The Morgan fingerprint density at radius 1 is 1.58 bits per heavy atom. The standard InChI is InChI=1S/C14H20N2O3/c1-18-14-5-4-10(7-12(14)15)13(17)9-16-8-11-3-2-6-19-11/h4-5,7,11,16H,2-3,6,8-9,15H2,1H3. The minimum atomic E-state index is 0.0207. The number of nitrogens with two attached hydrogens (primary N) is 1. The maximum Gasteiger partial charge on any atom is 0.176 e. The van der Waals surface area contributed by atoms with Crippen molar-refractivity contribution in [1.82, 2.24) is 5.32 Å². The van der Waals surface area contributed by atoms with Gasteiger partial charge in [-0.15, -0.1) is 0 Å². The van der Waals surface area contributed by atoms with Crippen LogP contribution < -0.4 is 15.8 Å². The molecule has 3 N–H and O–H groups in total. The van der Waals surface area contributed by atoms with Crippen LogP contribution >= 0.6 is 0 Å². The number of methoxy groups -OCH3 is 1. The first-order chi connectivity index (χ1) is 9.20. The summed E-state index contributed by atoms with van der Waals surface area (Å²) in [7, 11) is 1.55. The van der Waals surface area contributed by atoms with Crippen LogP contribution in [-0.2, 0) is 4.74 Å². The average Bonchev–Trinajstić information content (AvgIpc) is 2.91. The molecule has 5 nitrogen and oxygen atoms in total. The summed E-state index contributed by atoms with van der Waals surface area (Å²) in [4.78, 5) is 12.0. The van der Waals surface area contributed by atoms with E-state index in [4.69, 9.17) is 15.2 Å². The molecule has 1 aromatic rings. The Kier molecular flexibility index (Phi) is 4.76. The molecule has 0 bridgehead atoms. The summed E-state index contributed by atoms with van der Waals surface area (Å²) in [5.74, 6) is 0.608. The number of ether oxygens (including phenoxy) is 2. The number of benzene rings is 1. The summed E-state index contributed by atoms with van der Waals surface area (Å²) in [5, 5.41) is 3.13. The number of carbonyl (C=O) groups excluding carboxylic acids is 1. The van der Waals surface area contributed by atoms with Crippen molar-refractivity contribution >= 4 is 11.5 Å². The van der Waals surface area contributed by atoms with Crippen molar-refractivity contribution in [1.29, 1.82) is 0 Å². The van der Waals surface area contributed by atoms with Gasteiger partial charge in [-0.25, -0.2) is 0 Å². The average molecular weight is 264 g/mol. The molecule has 104 valence electrons. The second-order valence-corrected chi connectivity index (χ2v) is 4.65. The minimum absolute atomic E-state index is 0.0207. The van der Waals surface area contributed by atoms with Crippen molar-refractivity contribution in [3.8, 4) is 5.75 Å². The van der Waals surface area contributed by atoms with E-state index < -0.39 is 0 Å². The van der Waals surface area contributed by atoms with E-state index in [-0.39, 0.29) is 11.9 Å². The number of rotatable bonds is 6. The number of hydrogen-bond donors (Lipinski definition) is 2. The lowest BCUT2D eigenvalue weighted by atomic mass is 10.1. The monoisotopic (exact) mass is 264 g/mol. The molecule has 1 aliphatic rings. The largest absolute Gasteiger partial charge is 0.495 e. The molecule has 0 spiro atoms. The van der Waals surface area contributed by atoms with Crippen molar-refractivity contribution < 1.29 is 14.3 Å². The molecule has 0 amide bonds. The van der Waals surface area contributed by atoms with E-state index in [1.54, 1.807) is 25.3 Å². The topological polar surface area (TPSA) is 73.6 Å². The van der Waals surface area contributed by atoms with Crippen molar-refractivity contribution in [3.05, 3.63) is 23.8 Å². The summed E-state index contributed by atoms with van der Waals surface area (Å²) < 4.78 is 10.5. The van der Waals surface area contributed by atoms with Gasteiger partial charge in [0.25, 0.3) is 0 Å². The van der Waals surface area contributed by atoms with Gasteiger partial charge in [0.15, 0.2) is 5.78 Å². The zero-order valence-electron chi connectivity index (χ0n) is 11.1. The van der Waals surface area contributed by atoms with Crippen LogP contribution in [0.5, 0.6) is 5.75 Å². The second kappa shape index (κ2) is 6.54. The van der Waals surface area contributed by atoms with E-state index in [0.29, 0.717) is 23.5 Å². The first kappa shape index (κ1) is 13.8. The SMILES string of the molecule is COc1ccc(C(=O)CNCC2CCCO2)cc1N. The van der Waals surface area contributed by atoms with E-state index in [2.05, 4.69) is 5.32 Å². The van der Waals surface area contributed by atoms with Crippen LogP contribution in [0.15, 0.2) is 18.2 Å². The third-order valence-electron chi connectivity index (χ3n) is 3.23. The van der Waals surface area contributed by atoms with Crippen LogP contribution in [0.3, 0.4) is 0 Å². The van der Waals surface area contributed by atoms with Gasteiger partial charge in [0.2, 0.25) is 0 Å². The number of anilines is 1. The fourth-order valence-electron chi connectivity index (χ4n) is 2.16. The van der Waals surface area contributed by atoms with Gasteiger partial charge in [-0.1, -0.05) is 0 Å². The minimum Gasteiger partial charge on any atom is -0.495 e. The lowest BCUT2D eigenvalue weighted by molar-refractivity contribution is 0.0955. The number of Topliss-reactive ketones (excluding diaryl/α,β-unsaturated/α-hetero) is 1. The fraction of sp³-hybridized carbons (Fsp3) is 0.500. The van der Waals surface area contributed by atoms with Crippen LogP contribution in [0.25, 0.3) is 0 Å². The van der Waals surface area contributed by atoms with Crippen molar-refractivity contribution in [2.75, 3.05) is 32.5 Å². The summed E-state index contributed by atoms with van der Waals surface area (Å²) >= 11 is 0. The predicted molar refractivity (Wildman–Crippen MR) is 73.6 cm³/mol.